The highest BCUT2D eigenvalue weighted by Crippen LogP contribution is 2.48. The summed E-state index contributed by atoms with van der Waals surface area (Å²) in [5, 5.41) is 4.90. The third-order valence-corrected chi connectivity index (χ3v) is 11.8. The van der Waals surface area contributed by atoms with Crippen LogP contribution in [0.25, 0.3) is 43.7 Å². The minimum absolute atomic E-state index is 0.151. The van der Waals surface area contributed by atoms with Gasteiger partial charge in [0.2, 0.25) is 5.52 Å². The lowest BCUT2D eigenvalue weighted by Gasteiger charge is -2.21. The summed E-state index contributed by atoms with van der Waals surface area (Å²) in [4.78, 5) is 3.04. The third kappa shape index (κ3) is 6.31. The van der Waals surface area contributed by atoms with Crippen molar-refractivity contribution in [2.24, 2.45) is 0 Å². The number of fused-ring (bicyclic) bond motifs is 5. The van der Waals surface area contributed by atoms with Crippen LogP contribution >= 0.6 is 23.1 Å². The molecule has 0 amide bonds. The second kappa shape index (κ2) is 12.1. The molecule has 46 heavy (non-hydrogen) atoms. The zero-order chi connectivity index (χ0) is 32.1. The van der Waals surface area contributed by atoms with Crippen LogP contribution in [-0.2, 0) is 26.8 Å². The highest BCUT2D eigenvalue weighted by Gasteiger charge is 2.29. The first-order valence-corrected chi connectivity index (χ1v) is 19.4. The van der Waals surface area contributed by atoms with E-state index >= 15 is 0 Å². The van der Waals surface area contributed by atoms with E-state index in [1.165, 1.54) is 0 Å². The number of para-hydroxylation sites is 1. The van der Waals surface area contributed by atoms with E-state index in [1.807, 2.05) is 60.8 Å². The molecule has 4 aromatic carbocycles. The van der Waals surface area contributed by atoms with E-state index in [4.69, 9.17) is 0 Å². The standard InChI is InChI=1S/C33H29N3O6S4/c37-45(38,39)19-5-16-35-28-21-25(34-18-15-24-8-2-4-10-27(24)34)12-14-29(28)43-31(35)22-32-36(17-6-20-46(40,41)42)33-26-9-3-1-7-23(26)11-13-30(33)44-32/h1-4,7-15,18,21-22H,5-6,16-17,19-20H2,(H-,37,38,39,40,41,42)/p-1. The predicted octanol–water partition coefficient (Wildman–Crippen LogP) is 6.07. The van der Waals surface area contributed by atoms with E-state index in [9.17, 15) is 25.9 Å². The lowest BCUT2D eigenvalue weighted by molar-refractivity contribution is -0.667. The van der Waals surface area contributed by atoms with Gasteiger partial charge in [-0.3, -0.25) is 0 Å². The molecule has 0 unspecified atom stereocenters. The average Bonchev–Trinajstić information content (AvgIpc) is 3.69. The minimum atomic E-state index is -4.39. The topological polar surface area (TPSA) is 126 Å². The third-order valence-electron chi connectivity index (χ3n) is 8.00. The Morgan fingerprint density at radius 1 is 0.804 bits per heavy atom. The maximum atomic E-state index is 11.5. The van der Waals surface area contributed by atoms with Crippen molar-refractivity contribution >= 4 is 87.0 Å². The molecule has 1 aliphatic rings. The van der Waals surface area contributed by atoms with E-state index in [-0.39, 0.29) is 12.8 Å². The van der Waals surface area contributed by atoms with Crippen LogP contribution in [0.4, 0.5) is 5.69 Å². The molecule has 13 heteroatoms. The molecule has 7 rings (SSSR count). The highest BCUT2D eigenvalue weighted by atomic mass is 32.2. The summed E-state index contributed by atoms with van der Waals surface area (Å²) < 4.78 is 74.2. The fourth-order valence-corrected chi connectivity index (χ4v) is 9.28. The van der Waals surface area contributed by atoms with Crippen LogP contribution in [0, 0.1) is 0 Å². The van der Waals surface area contributed by atoms with Gasteiger partial charge in [-0.1, -0.05) is 65.6 Å². The van der Waals surface area contributed by atoms with Crippen LogP contribution in [0.5, 0.6) is 0 Å². The first kappa shape index (κ1) is 30.9. The lowest BCUT2D eigenvalue weighted by atomic mass is 10.1. The number of aromatic nitrogens is 2. The molecule has 2 aromatic heterocycles. The fourth-order valence-electron chi connectivity index (χ4n) is 5.99. The largest absolute Gasteiger partial charge is 0.748 e. The van der Waals surface area contributed by atoms with Gasteiger partial charge in [0, 0.05) is 41.3 Å². The Morgan fingerprint density at radius 2 is 1.54 bits per heavy atom. The maximum Gasteiger partial charge on any atom is 0.265 e. The molecule has 0 atom stereocenters. The number of nitrogens with zero attached hydrogens (tertiary/aromatic N) is 3. The second-order valence-electron chi connectivity index (χ2n) is 11.1. The van der Waals surface area contributed by atoms with Gasteiger partial charge < -0.3 is 18.6 Å². The maximum absolute atomic E-state index is 11.5. The molecule has 0 saturated heterocycles. The van der Waals surface area contributed by atoms with E-state index in [0.29, 0.717) is 13.1 Å². The van der Waals surface area contributed by atoms with Crippen LogP contribution in [-0.4, -0.2) is 48.6 Å². The van der Waals surface area contributed by atoms with Gasteiger partial charge in [0.05, 0.1) is 47.9 Å². The van der Waals surface area contributed by atoms with Crippen molar-refractivity contribution in [3.05, 3.63) is 101 Å². The van der Waals surface area contributed by atoms with Crippen molar-refractivity contribution in [3.8, 4) is 5.69 Å². The zero-order valence-corrected chi connectivity index (χ0v) is 27.7. The number of thiazole rings is 1. The van der Waals surface area contributed by atoms with Crippen molar-refractivity contribution in [1.29, 1.82) is 0 Å². The number of hydrogen-bond acceptors (Lipinski definition) is 9. The Balaban J connectivity index is 1.33. The molecule has 0 fully saturated rings. The summed E-state index contributed by atoms with van der Waals surface area (Å²) in [6, 6.07) is 28.4. The molecule has 0 bridgehead atoms. The van der Waals surface area contributed by atoms with Crippen LogP contribution < -0.4 is 9.47 Å². The van der Waals surface area contributed by atoms with Gasteiger partial charge in [-0.15, -0.1) is 0 Å². The Kier molecular flexibility index (Phi) is 8.16. The number of anilines is 1. The number of rotatable bonds is 10. The molecule has 0 saturated carbocycles. The van der Waals surface area contributed by atoms with Gasteiger partial charge in [-0.25, -0.2) is 16.8 Å². The molecule has 0 radical (unpaired) electrons. The van der Waals surface area contributed by atoms with Crippen molar-refractivity contribution < 1.29 is 30.5 Å². The summed E-state index contributed by atoms with van der Waals surface area (Å²) in [6.45, 7) is 0.636. The SMILES string of the molecule is O=S(=O)([O-])CCCN1C(=Cc2sc3ccc4ccccc4c3[n+]2CCCS(=O)(=O)[O-])Sc2ccc(-n3ccc4ccccc43)cc21. The predicted molar refractivity (Wildman–Crippen MR) is 182 cm³/mol. The second-order valence-corrected chi connectivity index (χ2v) is 16.3. The number of thioether (sulfide) groups is 1. The first-order valence-electron chi connectivity index (χ1n) is 14.6. The fraction of sp³-hybridized carbons (Fsp3) is 0.182. The smallest absolute Gasteiger partial charge is 0.265 e. The van der Waals surface area contributed by atoms with E-state index in [0.717, 1.165) is 58.2 Å². The summed E-state index contributed by atoms with van der Waals surface area (Å²) in [7, 11) is -8.77. The van der Waals surface area contributed by atoms with E-state index in [1.54, 1.807) is 23.1 Å². The van der Waals surface area contributed by atoms with E-state index in [2.05, 4.69) is 50.4 Å². The van der Waals surface area contributed by atoms with Gasteiger partial charge in [-0.2, -0.15) is 4.57 Å². The van der Waals surface area contributed by atoms with E-state index < -0.39 is 31.7 Å². The van der Waals surface area contributed by atoms with Crippen molar-refractivity contribution in [2.45, 2.75) is 24.3 Å². The average molecular weight is 691 g/mol. The Labute approximate surface area is 274 Å². The van der Waals surface area contributed by atoms with Gasteiger partial charge in [0.25, 0.3) is 5.01 Å². The minimum Gasteiger partial charge on any atom is -0.748 e. The summed E-state index contributed by atoms with van der Waals surface area (Å²) in [5.41, 5.74) is 3.88. The van der Waals surface area contributed by atoms with Gasteiger partial charge >= 0.3 is 0 Å². The van der Waals surface area contributed by atoms with Gasteiger partial charge in [0.15, 0.2) is 6.54 Å². The quantitative estimate of drug-likeness (QED) is 0.125. The molecule has 9 nitrogen and oxygen atoms in total. The molecule has 1 aliphatic heterocycles. The molecular weight excluding hydrogens is 663 g/mol. The number of hydrogen-bond donors (Lipinski definition) is 0. The molecule has 0 aliphatic carbocycles. The van der Waals surface area contributed by atoms with Crippen LogP contribution in [0.2, 0.25) is 0 Å². The monoisotopic (exact) mass is 690 g/mol. The molecular formula is C33H28N3O6S4-. The number of benzene rings is 4. The Morgan fingerprint density at radius 3 is 2.35 bits per heavy atom. The van der Waals surface area contributed by atoms with Crippen LogP contribution in [0.1, 0.15) is 17.8 Å². The Hall–Kier alpha value is -3.72. The van der Waals surface area contributed by atoms with Crippen LogP contribution in [0.3, 0.4) is 0 Å². The lowest BCUT2D eigenvalue weighted by Crippen LogP contribution is -2.36. The highest BCUT2D eigenvalue weighted by molar-refractivity contribution is 8.04. The first-order chi connectivity index (χ1) is 22.0. The summed E-state index contributed by atoms with van der Waals surface area (Å²) in [6.07, 6.45) is 4.37. The molecule has 3 heterocycles. The Bertz CT molecular complexity index is 2380. The van der Waals surface area contributed by atoms with Crippen molar-refractivity contribution in [3.63, 3.8) is 0 Å². The van der Waals surface area contributed by atoms with Crippen molar-refractivity contribution in [1.82, 2.24) is 4.57 Å². The summed E-state index contributed by atoms with van der Waals surface area (Å²) >= 11 is 3.12. The molecule has 6 aromatic rings. The molecule has 0 spiro atoms. The van der Waals surface area contributed by atoms with Crippen LogP contribution in [0.15, 0.2) is 101 Å². The molecule has 0 N–H and O–H groups in total. The zero-order valence-electron chi connectivity index (χ0n) is 24.4. The molecule has 236 valence electrons. The normalized spacial score (nSPS) is 14.7. The number of aryl methyl sites for hydroxylation is 1. The van der Waals surface area contributed by atoms with Gasteiger partial charge in [-0.05, 0) is 59.7 Å². The van der Waals surface area contributed by atoms with Gasteiger partial charge in [0.1, 0.15) is 4.70 Å². The summed E-state index contributed by atoms with van der Waals surface area (Å²) in [5.74, 6) is -0.942. The van der Waals surface area contributed by atoms with Crippen molar-refractivity contribution in [2.75, 3.05) is 23.0 Å².